The Labute approximate surface area is 152 Å². The lowest BCUT2D eigenvalue weighted by molar-refractivity contribution is -0.132. The summed E-state index contributed by atoms with van der Waals surface area (Å²) in [5.74, 6) is 0.475. The van der Waals surface area contributed by atoms with Gasteiger partial charge in [0.1, 0.15) is 11.6 Å². The van der Waals surface area contributed by atoms with Gasteiger partial charge >= 0.3 is 0 Å². The van der Waals surface area contributed by atoms with E-state index in [0.29, 0.717) is 23.4 Å². The highest BCUT2D eigenvalue weighted by Gasteiger charge is 2.33. The Morgan fingerprint density at radius 2 is 1.96 bits per heavy atom. The van der Waals surface area contributed by atoms with Crippen LogP contribution < -0.4 is 4.74 Å². The molecule has 0 bridgehead atoms. The number of benzene rings is 2. The molecular formula is C20H21ClFNO2. The summed E-state index contributed by atoms with van der Waals surface area (Å²) in [5, 5.41) is 0.369. The van der Waals surface area contributed by atoms with Crippen LogP contribution in [0.4, 0.5) is 4.39 Å². The first kappa shape index (κ1) is 17.7. The van der Waals surface area contributed by atoms with E-state index in [9.17, 15) is 9.18 Å². The Morgan fingerprint density at radius 3 is 2.56 bits per heavy atom. The zero-order chi connectivity index (χ0) is 17.8. The average molecular weight is 362 g/mol. The van der Waals surface area contributed by atoms with Crippen molar-refractivity contribution in [3.63, 3.8) is 0 Å². The molecule has 0 aromatic heterocycles. The zero-order valence-corrected chi connectivity index (χ0v) is 14.9. The van der Waals surface area contributed by atoms with Crippen molar-refractivity contribution in [3.8, 4) is 5.75 Å². The van der Waals surface area contributed by atoms with Crippen LogP contribution in [0.3, 0.4) is 0 Å². The summed E-state index contributed by atoms with van der Waals surface area (Å²) in [6.45, 7) is 0.234. The molecule has 1 fully saturated rings. The summed E-state index contributed by atoms with van der Waals surface area (Å²) >= 11 is 6.12. The molecule has 0 spiro atoms. The van der Waals surface area contributed by atoms with Gasteiger partial charge in [-0.25, -0.2) is 4.39 Å². The van der Waals surface area contributed by atoms with Crippen LogP contribution in [0.5, 0.6) is 5.75 Å². The predicted molar refractivity (Wildman–Crippen MR) is 96.3 cm³/mol. The maximum atomic E-state index is 14.0. The van der Waals surface area contributed by atoms with Crippen LogP contribution in [-0.4, -0.2) is 24.0 Å². The zero-order valence-electron chi connectivity index (χ0n) is 14.2. The van der Waals surface area contributed by atoms with Crippen LogP contribution in [0.15, 0.2) is 42.5 Å². The Kier molecular flexibility index (Phi) is 5.59. The van der Waals surface area contributed by atoms with Crippen molar-refractivity contribution < 1.29 is 13.9 Å². The van der Waals surface area contributed by atoms with Crippen LogP contribution in [0.1, 0.15) is 30.4 Å². The summed E-state index contributed by atoms with van der Waals surface area (Å²) in [6.07, 6.45) is 2.99. The third-order valence-electron chi connectivity index (χ3n) is 4.48. The molecule has 3 rings (SSSR count). The number of carbonyl (C=O) groups excluding carboxylic acids is 1. The van der Waals surface area contributed by atoms with Gasteiger partial charge in [0.2, 0.25) is 5.91 Å². The average Bonchev–Trinajstić information content (AvgIpc) is 3.45. The molecule has 0 atom stereocenters. The van der Waals surface area contributed by atoms with E-state index in [1.807, 2.05) is 24.3 Å². The van der Waals surface area contributed by atoms with E-state index in [1.165, 1.54) is 6.07 Å². The second-order valence-electron chi connectivity index (χ2n) is 6.30. The summed E-state index contributed by atoms with van der Waals surface area (Å²) in [4.78, 5) is 14.5. The molecule has 1 aliphatic rings. The lowest BCUT2D eigenvalue weighted by Gasteiger charge is -2.23. The summed E-state index contributed by atoms with van der Waals surface area (Å²) < 4.78 is 19.2. The molecule has 0 aliphatic heterocycles. The fraction of sp³-hybridized carbons (Fsp3) is 0.350. The third-order valence-corrected chi connectivity index (χ3v) is 4.84. The van der Waals surface area contributed by atoms with Crippen molar-refractivity contribution >= 4 is 17.5 Å². The van der Waals surface area contributed by atoms with Crippen molar-refractivity contribution in [3.05, 3.63) is 64.4 Å². The maximum absolute atomic E-state index is 14.0. The molecule has 0 N–H and O–H groups in total. The largest absolute Gasteiger partial charge is 0.497 e. The lowest BCUT2D eigenvalue weighted by atomic mass is 10.1. The molecule has 2 aromatic carbocycles. The minimum atomic E-state index is -0.360. The highest BCUT2D eigenvalue weighted by molar-refractivity contribution is 6.31. The Balaban J connectivity index is 1.65. The Morgan fingerprint density at radius 1 is 1.24 bits per heavy atom. The minimum Gasteiger partial charge on any atom is -0.497 e. The number of amides is 1. The lowest BCUT2D eigenvalue weighted by Crippen LogP contribution is -2.33. The number of hydrogen-bond acceptors (Lipinski definition) is 2. The molecule has 25 heavy (non-hydrogen) atoms. The second kappa shape index (κ2) is 7.87. The van der Waals surface area contributed by atoms with Gasteiger partial charge in [-0.3, -0.25) is 4.79 Å². The van der Waals surface area contributed by atoms with E-state index in [-0.39, 0.29) is 24.3 Å². The number of ether oxygens (including phenoxy) is 1. The molecule has 0 saturated heterocycles. The molecule has 3 nitrogen and oxygen atoms in total. The molecule has 1 aliphatic carbocycles. The molecule has 5 heteroatoms. The van der Waals surface area contributed by atoms with E-state index in [4.69, 9.17) is 16.3 Å². The normalized spacial score (nSPS) is 13.6. The fourth-order valence-corrected chi connectivity index (χ4v) is 3.07. The van der Waals surface area contributed by atoms with Gasteiger partial charge in [0.05, 0.1) is 13.7 Å². The molecule has 0 heterocycles. The Bertz CT molecular complexity index is 724. The first-order valence-electron chi connectivity index (χ1n) is 8.44. The number of methoxy groups -OCH3 is 1. The second-order valence-corrected chi connectivity index (χ2v) is 6.71. The van der Waals surface area contributed by atoms with Crippen molar-refractivity contribution in [2.45, 2.75) is 38.3 Å². The van der Waals surface area contributed by atoms with E-state index in [0.717, 1.165) is 24.2 Å². The number of carbonyl (C=O) groups is 1. The standard InChI is InChI=1S/C20H21ClFNO2/c1-25-16-10-5-14(6-11-16)7-12-20(24)23(15-8-9-15)13-17-18(21)3-2-4-19(17)22/h2-6,10-11,15H,7-9,12-13H2,1H3. The number of rotatable bonds is 7. The highest BCUT2D eigenvalue weighted by Crippen LogP contribution is 2.31. The van der Waals surface area contributed by atoms with E-state index in [1.54, 1.807) is 24.1 Å². The van der Waals surface area contributed by atoms with Crippen LogP contribution >= 0.6 is 11.6 Å². The van der Waals surface area contributed by atoms with Gasteiger partial charge in [-0.1, -0.05) is 29.8 Å². The van der Waals surface area contributed by atoms with Gasteiger partial charge in [0.15, 0.2) is 0 Å². The van der Waals surface area contributed by atoms with E-state index in [2.05, 4.69) is 0 Å². The van der Waals surface area contributed by atoms with Gasteiger partial charge in [-0.05, 0) is 49.1 Å². The molecule has 0 radical (unpaired) electrons. The van der Waals surface area contributed by atoms with E-state index < -0.39 is 0 Å². The van der Waals surface area contributed by atoms with Crippen LogP contribution in [0, 0.1) is 5.82 Å². The van der Waals surface area contributed by atoms with Crippen molar-refractivity contribution in [1.29, 1.82) is 0 Å². The fourth-order valence-electron chi connectivity index (χ4n) is 2.85. The van der Waals surface area contributed by atoms with Crippen LogP contribution in [-0.2, 0) is 17.8 Å². The molecule has 2 aromatic rings. The molecule has 0 unspecified atom stereocenters. The van der Waals surface area contributed by atoms with Crippen LogP contribution in [0.2, 0.25) is 5.02 Å². The minimum absolute atomic E-state index is 0.0395. The first-order chi connectivity index (χ1) is 12.1. The van der Waals surface area contributed by atoms with Crippen molar-refractivity contribution in [2.75, 3.05) is 7.11 Å². The van der Waals surface area contributed by atoms with Gasteiger partial charge in [-0.15, -0.1) is 0 Å². The summed E-state index contributed by atoms with van der Waals surface area (Å²) in [5.41, 5.74) is 1.47. The van der Waals surface area contributed by atoms with Gasteiger partial charge in [0, 0.05) is 23.0 Å². The summed E-state index contributed by atoms with van der Waals surface area (Å²) in [7, 11) is 1.62. The molecule has 1 saturated carbocycles. The summed E-state index contributed by atoms with van der Waals surface area (Å²) in [6, 6.07) is 12.5. The molecular weight excluding hydrogens is 341 g/mol. The molecule has 132 valence electrons. The monoisotopic (exact) mass is 361 g/mol. The van der Waals surface area contributed by atoms with E-state index >= 15 is 0 Å². The number of nitrogens with zero attached hydrogens (tertiary/aromatic N) is 1. The highest BCUT2D eigenvalue weighted by atomic mass is 35.5. The number of halogens is 2. The van der Waals surface area contributed by atoms with Gasteiger partial charge in [0.25, 0.3) is 0 Å². The van der Waals surface area contributed by atoms with Gasteiger partial charge in [-0.2, -0.15) is 0 Å². The van der Waals surface area contributed by atoms with Crippen LogP contribution in [0.25, 0.3) is 0 Å². The smallest absolute Gasteiger partial charge is 0.223 e. The Hall–Kier alpha value is -2.07. The molecule has 1 amide bonds. The van der Waals surface area contributed by atoms with Gasteiger partial charge < -0.3 is 9.64 Å². The maximum Gasteiger partial charge on any atom is 0.223 e. The van der Waals surface area contributed by atoms with Crippen molar-refractivity contribution in [1.82, 2.24) is 4.90 Å². The number of hydrogen-bond donors (Lipinski definition) is 0. The van der Waals surface area contributed by atoms with Crippen molar-refractivity contribution in [2.24, 2.45) is 0 Å². The first-order valence-corrected chi connectivity index (χ1v) is 8.81. The quantitative estimate of drug-likeness (QED) is 0.720. The number of aryl methyl sites for hydroxylation is 1. The SMILES string of the molecule is COc1ccc(CCC(=O)N(Cc2c(F)cccc2Cl)C2CC2)cc1. The predicted octanol–water partition coefficient (Wildman–Crippen LogP) is 4.61. The third kappa shape index (κ3) is 4.51. The topological polar surface area (TPSA) is 29.5 Å².